The molecule has 20 heavy (non-hydrogen) atoms. The van der Waals surface area contributed by atoms with Crippen LogP contribution in [0, 0.1) is 0 Å². The number of rotatable bonds is 4. The number of carbonyl (C=O) groups is 1. The van der Waals surface area contributed by atoms with E-state index in [2.05, 4.69) is 4.98 Å². The van der Waals surface area contributed by atoms with Crippen molar-refractivity contribution in [3.05, 3.63) is 53.9 Å². The fourth-order valence-corrected chi connectivity index (χ4v) is 1.89. The monoisotopic (exact) mass is 271 g/mol. The fraction of sp³-hybridized carbons (Fsp3) is 0.200. The van der Waals surface area contributed by atoms with Crippen LogP contribution in [0.3, 0.4) is 0 Å². The van der Waals surface area contributed by atoms with Gasteiger partial charge in [-0.25, -0.2) is 0 Å². The van der Waals surface area contributed by atoms with Crippen molar-refractivity contribution < 1.29 is 9.90 Å². The van der Waals surface area contributed by atoms with Gasteiger partial charge in [0.2, 0.25) is 0 Å². The van der Waals surface area contributed by atoms with E-state index in [1.807, 2.05) is 12.1 Å². The molecule has 0 aliphatic carbocycles. The Hall–Kier alpha value is -2.56. The highest BCUT2D eigenvalue weighted by atomic mass is 16.3. The Morgan fingerprint density at radius 3 is 2.70 bits per heavy atom. The molecule has 0 spiro atoms. The van der Waals surface area contributed by atoms with Crippen LogP contribution < -0.4 is 5.73 Å². The number of nitrogen functional groups attached to an aromatic ring is 1. The van der Waals surface area contributed by atoms with E-state index in [-0.39, 0.29) is 22.9 Å². The lowest BCUT2D eigenvalue weighted by Crippen LogP contribution is -2.29. The standard InChI is InChI=1S/C15H17N3O2/c1-18(10-7-11-5-8-17-9-6-11)15(20)12-3-2-4-13(16)14(12)19/h2-6,8-9,19H,7,10,16H2,1H3. The van der Waals surface area contributed by atoms with Gasteiger partial charge >= 0.3 is 0 Å². The van der Waals surface area contributed by atoms with Crippen molar-refractivity contribution in [2.24, 2.45) is 0 Å². The van der Waals surface area contributed by atoms with Crippen LogP contribution in [0.25, 0.3) is 0 Å². The van der Waals surface area contributed by atoms with E-state index in [1.165, 1.54) is 0 Å². The van der Waals surface area contributed by atoms with E-state index in [4.69, 9.17) is 5.73 Å². The van der Waals surface area contributed by atoms with E-state index >= 15 is 0 Å². The lowest BCUT2D eigenvalue weighted by Gasteiger charge is -2.18. The molecule has 0 unspecified atom stereocenters. The lowest BCUT2D eigenvalue weighted by atomic mass is 10.1. The molecule has 0 saturated heterocycles. The summed E-state index contributed by atoms with van der Waals surface area (Å²) in [6.45, 7) is 0.553. The predicted octanol–water partition coefficient (Wildman–Crippen LogP) is 1.68. The number of pyridine rings is 1. The molecule has 2 aromatic rings. The summed E-state index contributed by atoms with van der Waals surface area (Å²) < 4.78 is 0. The third-order valence-corrected chi connectivity index (χ3v) is 3.13. The number of aromatic hydroxyl groups is 1. The summed E-state index contributed by atoms with van der Waals surface area (Å²) in [5.74, 6) is -0.405. The van der Waals surface area contributed by atoms with Gasteiger partial charge in [-0.3, -0.25) is 9.78 Å². The number of para-hydroxylation sites is 1. The van der Waals surface area contributed by atoms with Gasteiger partial charge in [0, 0.05) is 26.0 Å². The molecule has 0 bridgehead atoms. The Labute approximate surface area is 117 Å². The molecule has 1 heterocycles. The van der Waals surface area contributed by atoms with Crippen molar-refractivity contribution in [3.63, 3.8) is 0 Å². The molecule has 1 amide bonds. The van der Waals surface area contributed by atoms with Gasteiger partial charge in [-0.15, -0.1) is 0 Å². The first kappa shape index (κ1) is 13.9. The van der Waals surface area contributed by atoms with Crippen LogP contribution in [-0.4, -0.2) is 34.5 Å². The quantitative estimate of drug-likeness (QED) is 0.655. The number of nitrogens with two attached hydrogens (primary N) is 1. The van der Waals surface area contributed by atoms with Gasteiger partial charge in [-0.05, 0) is 36.2 Å². The zero-order valence-electron chi connectivity index (χ0n) is 11.3. The van der Waals surface area contributed by atoms with Crippen molar-refractivity contribution in [2.75, 3.05) is 19.3 Å². The predicted molar refractivity (Wildman–Crippen MR) is 77.4 cm³/mol. The van der Waals surface area contributed by atoms with Crippen molar-refractivity contribution >= 4 is 11.6 Å². The second kappa shape index (κ2) is 6.06. The molecule has 2 rings (SSSR count). The van der Waals surface area contributed by atoms with Crippen molar-refractivity contribution in [3.8, 4) is 5.75 Å². The number of carbonyl (C=O) groups excluding carboxylic acids is 1. The molecule has 3 N–H and O–H groups in total. The number of nitrogens with zero attached hydrogens (tertiary/aromatic N) is 2. The summed E-state index contributed by atoms with van der Waals surface area (Å²) >= 11 is 0. The Balaban J connectivity index is 2.04. The average molecular weight is 271 g/mol. The number of hydrogen-bond acceptors (Lipinski definition) is 4. The van der Waals surface area contributed by atoms with Crippen LogP contribution in [0.2, 0.25) is 0 Å². The molecule has 0 atom stereocenters. The van der Waals surface area contributed by atoms with Gasteiger partial charge < -0.3 is 15.7 Å². The largest absolute Gasteiger partial charge is 0.505 e. The maximum atomic E-state index is 12.2. The minimum atomic E-state index is -0.246. The molecule has 0 aliphatic rings. The normalized spacial score (nSPS) is 10.2. The molecule has 0 radical (unpaired) electrons. The SMILES string of the molecule is CN(CCc1ccncc1)C(=O)c1cccc(N)c1O. The van der Waals surface area contributed by atoms with Crippen LogP contribution in [0.5, 0.6) is 5.75 Å². The molecule has 5 heteroatoms. The summed E-state index contributed by atoms with van der Waals surface area (Å²) in [5.41, 5.74) is 7.13. The summed E-state index contributed by atoms with van der Waals surface area (Å²) in [6.07, 6.45) is 4.18. The molecule has 1 aromatic heterocycles. The molecule has 0 fully saturated rings. The first-order chi connectivity index (χ1) is 9.59. The van der Waals surface area contributed by atoms with Crippen molar-refractivity contribution in [1.29, 1.82) is 0 Å². The van der Waals surface area contributed by atoms with Crippen LogP contribution in [0.4, 0.5) is 5.69 Å². The van der Waals surface area contributed by atoms with E-state index < -0.39 is 0 Å². The Kier molecular flexibility index (Phi) is 4.20. The number of aromatic nitrogens is 1. The van der Waals surface area contributed by atoms with E-state index in [1.54, 1.807) is 42.5 Å². The minimum absolute atomic E-state index is 0.159. The molecule has 104 valence electrons. The Morgan fingerprint density at radius 1 is 1.30 bits per heavy atom. The topological polar surface area (TPSA) is 79.5 Å². The first-order valence-corrected chi connectivity index (χ1v) is 6.31. The highest BCUT2D eigenvalue weighted by Crippen LogP contribution is 2.25. The zero-order chi connectivity index (χ0) is 14.5. The van der Waals surface area contributed by atoms with Gasteiger partial charge in [0.25, 0.3) is 5.91 Å². The Morgan fingerprint density at radius 2 is 2.00 bits per heavy atom. The van der Waals surface area contributed by atoms with Crippen LogP contribution >= 0.6 is 0 Å². The summed E-state index contributed by atoms with van der Waals surface area (Å²) in [5, 5.41) is 9.82. The number of phenolic OH excluding ortho intramolecular Hbond substituents is 1. The van der Waals surface area contributed by atoms with Gasteiger partial charge in [0.15, 0.2) is 5.75 Å². The summed E-state index contributed by atoms with van der Waals surface area (Å²) in [7, 11) is 1.70. The van der Waals surface area contributed by atoms with Gasteiger partial charge in [0.05, 0.1) is 11.3 Å². The van der Waals surface area contributed by atoms with Crippen molar-refractivity contribution in [1.82, 2.24) is 9.88 Å². The third-order valence-electron chi connectivity index (χ3n) is 3.13. The number of amides is 1. The number of benzene rings is 1. The third kappa shape index (κ3) is 3.06. The maximum Gasteiger partial charge on any atom is 0.257 e. The summed E-state index contributed by atoms with van der Waals surface area (Å²) in [4.78, 5) is 17.8. The second-order valence-corrected chi connectivity index (χ2v) is 4.58. The Bertz CT molecular complexity index is 599. The molecular weight excluding hydrogens is 254 g/mol. The van der Waals surface area contributed by atoms with Crippen molar-refractivity contribution in [2.45, 2.75) is 6.42 Å². The molecular formula is C15H17N3O2. The van der Waals surface area contributed by atoms with Gasteiger partial charge in [0.1, 0.15) is 0 Å². The highest BCUT2D eigenvalue weighted by molar-refractivity contribution is 5.98. The lowest BCUT2D eigenvalue weighted by molar-refractivity contribution is 0.0793. The molecule has 1 aromatic carbocycles. The average Bonchev–Trinajstić information content (AvgIpc) is 2.48. The summed E-state index contributed by atoms with van der Waals surface area (Å²) in [6, 6.07) is 8.60. The molecule has 0 aliphatic heterocycles. The van der Waals surface area contributed by atoms with E-state index in [0.29, 0.717) is 6.54 Å². The smallest absolute Gasteiger partial charge is 0.257 e. The van der Waals surface area contributed by atoms with Crippen LogP contribution in [0.1, 0.15) is 15.9 Å². The zero-order valence-corrected chi connectivity index (χ0v) is 11.3. The second-order valence-electron chi connectivity index (χ2n) is 4.58. The van der Waals surface area contributed by atoms with Crippen LogP contribution in [-0.2, 0) is 6.42 Å². The number of likely N-dealkylation sites (N-methyl/N-ethyl adjacent to an activating group) is 1. The molecule has 5 nitrogen and oxygen atoms in total. The van der Waals surface area contributed by atoms with Gasteiger partial charge in [-0.1, -0.05) is 6.07 Å². The number of anilines is 1. The first-order valence-electron chi connectivity index (χ1n) is 6.31. The minimum Gasteiger partial charge on any atom is -0.505 e. The van der Waals surface area contributed by atoms with Gasteiger partial charge in [-0.2, -0.15) is 0 Å². The van der Waals surface area contributed by atoms with E-state index in [9.17, 15) is 9.90 Å². The van der Waals surface area contributed by atoms with E-state index in [0.717, 1.165) is 12.0 Å². The number of phenols is 1. The maximum absolute atomic E-state index is 12.2. The molecule has 0 saturated carbocycles. The number of hydrogen-bond donors (Lipinski definition) is 2. The highest BCUT2D eigenvalue weighted by Gasteiger charge is 2.16. The fourth-order valence-electron chi connectivity index (χ4n) is 1.89. The van der Waals surface area contributed by atoms with Crippen LogP contribution in [0.15, 0.2) is 42.7 Å².